The van der Waals surface area contributed by atoms with Gasteiger partial charge in [-0.3, -0.25) is 14.5 Å². The van der Waals surface area contributed by atoms with Gasteiger partial charge in [0.15, 0.2) is 0 Å². The largest absolute Gasteiger partial charge is 0.548 e. The van der Waals surface area contributed by atoms with E-state index in [1.807, 2.05) is 0 Å². The molecule has 7 heteroatoms. The van der Waals surface area contributed by atoms with E-state index in [9.17, 15) is 19.5 Å². The van der Waals surface area contributed by atoms with Gasteiger partial charge in [0.05, 0.1) is 24.5 Å². The summed E-state index contributed by atoms with van der Waals surface area (Å²) in [5, 5.41) is 9.88. The van der Waals surface area contributed by atoms with E-state index in [-0.39, 0.29) is 4.91 Å². The summed E-state index contributed by atoms with van der Waals surface area (Å²) in [6.07, 6.45) is 1.50. The van der Waals surface area contributed by atoms with E-state index in [2.05, 4.69) is 0 Å². The number of methoxy groups -OCH3 is 1. The van der Waals surface area contributed by atoms with Crippen molar-refractivity contribution < 1.29 is 24.2 Å². The molecule has 1 saturated heterocycles. The average Bonchev–Trinajstić information content (AvgIpc) is 2.67. The van der Waals surface area contributed by atoms with Gasteiger partial charge in [0.25, 0.3) is 11.1 Å². The van der Waals surface area contributed by atoms with E-state index in [1.165, 1.54) is 13.2 Å². The number of aliphatic carboxylic acids is 1. The number of para-hydroxylation sites is 1. The van der Waals surface area contributed by atoms with Gasteiger partial charge < -0.3 is 14.6 Å². The summed E-state index contributed by atoms with van der Waals surface area (Å²) in [5.41, 5.74) is 0.633. The number of imide groups is 1. The zero-order valence-electron chi connectivity index (χ0n) is 10.5. The molecular formula is C13H10NO5S-. The van der Waals surface area contributed by atoms with Gasteiger partial charge in [-0.1, -0.05) is 18.2 Å². The van der Waals surface area contributed by atoms with Gasteiger partial charge in [-0.15, -0.1) is 0 Å². The van der Waals surface area contributed by atoms with E-state index in [1.54, 1.807) is 24.3 Å². The molecule has 1 heterocycles. The smallest absolute Gasteiger partial charge is 0.293 e. The van der Waals surface area contributed by atoms with Crippen LogP contribution in [-0.2, 0) is 9.59 Å². The number of carboxylic acid groups (broad SMARTS) is 1. The van der Waals surface area contributed by atoms with Crippen molar-refractivity contribution in [1.82, 2.24) is 4.90 Å². The van der Waals surface area contributed by atoms with Crippen molar-refractivity contribution in [2.75, 3.05) is 13.7 Å². The number of carbonyl (C=O) groups excluding carboxylic acids is 3. The number of carboxylic acids is 1. The first-order valence-corrected chi connectivity index (χ1v) is 6.43. The Labute approximate surface area is 119 Å². The molecule has 20 heavy (non-hydrogen) atoms. The van der Waals surface area contributed by atoms with Crippen molar-refractivity contribution in [1.29, 1.82) is 0 Å². The maximum absolute atomic E-state index is 11.9. The summed E-state index contributed by atoms with van der Waals surface area (Å²) >= 11 is 0.690. The van der Waals surface area contributed by atoms with Crippen LogP contribution in [0.3, 0.4) is 0 Å². The van der Waals surface area contributed by atoms with Gasteiger partial charge in [0.2, 0.25) is 0 Å². The molecule has 2 rings (SSSR count). The van der Waals surface area contributed by atoms with Crippen LogP contribution >= 0.6 is 11.8 Å². The number of hydrogen-bond acceptors (Lipinski definition) is 6. The maximum atomic E-state index is 11.9. The maximum Gasteiger partial charge on any atom is 0.293 e. The van der Waals surface area contributed by atoms with Crippen LogP contribution in [0.5, 0.6) is 5.75 Å². The van der Waals surface area contributed by atoms with Crippen LogP contribution in [-0.4, -0.2) is 35.7 Å². The minimum Gasteiger partial charge on any atom is -0.548 e. The molecule has 6 nitrogen and oxygen atoms in total. The third-order valence-corrected chi connectivity index (χ3v) is 3.49. The van der Waals surface area contributed by atoms with Crippen LogP contribution in [0.15, 0.2) is 29.2 Å². The molecular weight excluding hydrogens is 282 g/mol. The van der Waals surface area contributed by atoms with Gasteiger partial charge in [0, 0.05) is 5.56 Å². The fraction of sp³-hybridized carbons (Fsp3) is 0.154. The number of ether oxygens (including phenoxy) is 1. The van der Waals surface area contributed by atoms with Crippen LogP contribution < -0.4 is 9.84 Å². The fourth-order valence-electron chi connectivity index (χ4n) is 1.69. The lowest BCUT2D eigenvalue weighted by atomic mass is 10.2. The SMILES string of the molecule is COc1ccccc1/C=C1/SC(=O)N(CC(=O)[O-])C1=O. The second kappa shape index (κ2) is 5.79. The van der Waals surface area contributed by atoms with E-state index >= 15 is 0 Å². The molecule has 1 aliphatic heterocycles. The van der Waals surface area contributed by atoms with Crippen LogP contribution in [0.2, 0.25) is 0 Å². The van der Waals surface area contributed by atoms with Gasteiger partial charge in [-0.25, -0.2) is 0 Å². The molecule has 0 unspecified atom stereocenters. The van der Waals surface area contributed by atoms with Crippen molar-refractivity contribution in [3.05, 3.63) is 34.7 Å². The summed E-state index contributed by atoms with van der Waals surface area (Å²) in [6, 6.07) is 6.99. The number of rotatable bonds is 4. The molecule has 0 N–H and O–H groups in total. The molecule has 0 atom stereocenters. The van der Waals surface area contributed by atoms with Crippen LogP contribution in [0.1, 0.15) is 5.56 Å². The highest BCUT2D eigenvalue weighted by Crippen LogP contribution is 2.33. The molecule has 1 fully saturated rings. The number of benzene rings is 1. The Hall–Kier alpha value is -2.28. The van der Waals surface area contributed by atoms with Crippen molar-refractivity contribution >= 4 is 35.0 Å². The van der Waals surface area contributed by atoms with Crippen molar-refractivity contribution in [3.8, 4) is 5.75 Å². The number of thioether (sulfide) groups is 1. The minimum absolute atomic E-state index is 0.153. The molecule has 2 amide bonds. The minimum atomic E-state index is -1.48. The molecule has 1 aromatic rings. The molecule has 1 aliphatic rings. The summed E-state index contributed by atoms with van der Waals surface area (Å²) in [7, 11) is 1.49. The Bertz CT molecular complexity index is 611. The Morgan fingerprint density at radius 2 is 2.10 bits per heavy atom. The third-order valence-electron chi connectivity index (χ3n) is 2.59. The molecule has 0 aliphatic carbocycles. The Balaban J connectivity index is 2.30. The molecule has 0 radical (unpaired) electrons. The summed E-state index contributed by atoms with van der Waals surface area (Å²) in [4.78, 5) is 34.8. The number of carbonyl (C=O) groups is 3. The predicted molar refractivity (Wildman–Crippen MR) is 70.7 cm³/mol. The predicted octanol–water partition coefficient (Wildman–Crippen LogP) is 0.481. The molecule has 0 bridgehead atoms. The Morgan fingerprint density at radius 1 is 1.40 bits per heavy atom. The van der Waals surface area contributed by atoms with E-state index < -0.39 is 23.7 Å². The summed E-state index contributed by atoms with van der Waals surface area (Å²) in [6.45, 7) is -0.742. The molecule has 104 valence electrons. The number of hydrogen-bond donors (Lipinski definition) is 0. The first-order chi connectivity index (χ1) is 9.52. The Kier molecular flexibility index (Phi) is 4.09. The monoisotopic (exact) mass is 292 g/mol. The lowest BCUT2D eigenvalue weighted by Gasteiger charge is -2.12. The van der Waals surface area contributed by atoms with E-state index in [0.29, 0.717) is 28.0 Å². The number of nitrogens with zero attached hydrogens (tertiary/aromatic N) is 1. The van der Waals surface area contributed by atoms with Crippen molar-refractivity contribution in [2.24, 2.45) is 0 Å². The molecule has 0 saturated carbocycles. The van der Waals surface area contributed by atoms with Crippen LogP contribution in [0.4, 0.5) is 4.79 Å². The summed E-state index contributed by atoms with van der Waals surface area (Å²) < 4.78 is 5.14. The number of amides is 2. The van der Waals surface area contributed by atoms with Gasteiger partial charge in [-0.05, 0) is 23.9 Å². The highest BCUT2D eigenvalue weighted by Gasteiger charge is 2.35. The first-order valence-electron chi connectivity index (χ1n) is 5.61. The summed E-state index contributed by atoms with van der Waals surface area (Å²) in [5.74, 6) is -1.57. The zero-order chi connectivity index (χ0) is 14.7. The highest BCUT2D eigenvalue weighted by molar-refractivity contribution is 8.18. The van der Waals surface area contributed by atoms with Crippen molar-refractivity contribution in [3.63, 3.8) is 0 Å². The molecule has 1 aromatic carbocycles. The highest BCUT2D eigenvalue weighted by atomic mass is 32.2. The van der Waals surface area contributed by atoms with Crippen LogP contribution in [0.25, 0.3) is 6.08 Å². The Morgan fingerprint density at radius 3 is 2.75 bits per heavy atom. The van der Waals surface area contributed by atoms with Crippen LogP contribution in [0, 0.1) is 0 Å². The van der Waals surface area contributed by atoms with Gasteiger partial charge >= 0.3 is 0 Å². The second-order valence-electron chi connectivity index (χ2n) is 3.88. The van der Waals surface area contributed by atoms with E-state index in [4.69, 9.17) is 4.74 Å². The van der Waals surface area contributed by atoms with Gasteiger partial charge in [0.1, 0.15) is 5.75 Å². The molecule has 0 spiro atoms. The lowest BCUT2D eigenvalue weighted by Crippen LogP contribution is -2.40. The zero-order valence-corrected chi connectivity index (χ0v) is 11.3. The molecule has 0 aromatic heterocycles. The second-order valence-corrected chi connectivity index (χ2v) is 4.88. The lowest BCUT2D eigenvalue weighted by molar-refractivity contribution is -0.305. The third kappa shape index (κ3) is 2.83. The fourth-order valence-corrected chi connectivity index (χ4v) is 2.52. The average molecular weight is 292 g/mol. The normalized spacial score (nSPS) is 16.9. The van der Waals surface area contributed by atoms with E-state index in [0.717, 1.165) is 0 Å². The first kappa shape index (κ1) is 14.1. The van der Waals surface area contributed by atoms with Gasteiger partial charge in [-0.2, -0.15) is 0 Å². The van der Waals surface area contributed by atoms with Crippen molar-refractivity contribution in [2.45, 2.75) is 0 Å². The quantitative estimate of drug-likeness (QED) is 0.750. The topological polar surface area (TPSA) is 86.7 Å². The standard InChI is InChI=1S/C13H11NO5S/c1-19-9-5-3-2-4-8(9)6-10-12(17)14(7-11(15)16)13(18)20-10/h2-6H,7H2,1H3,(H,15,16)/p-1/b10-6+.